The number of halogens is 1. The van der Waals surface area contributed by atoms with E-state index in [2.05, 4.69) is 34.0 Å². The lowest BCUT2D eigenvalue weighted by atomic mass is 9.96. The molecular weight excluding hydrogens is 471 g/mol. The van der Waals surface area contributed by atoms with Crippen molar-refractivity contribution < 1.29 is 4.74 Å². The monoisotopic (exact) mass is 500 g/mol. The Labute approximate surface area is 183 Å². The van der Waals surface area contributed by atoms with Gasteiger partial charge in [-0.15, -0.1) is 35.3 Å². The van der Waals surface area contributed by atoms with Crippen molar-refractivity contribution in [3.05, 3.63) is 45.9 Å². The highest BCUT2D eigenvalue weighted by Gasteiger charge is 2.20. The van der Waals surface area contributed by atoms with Crippen molar-refractivity contribution in [1.29, 1.82) is 0 Å². The largest absolute Gasteiger partial charge is 0.490 e. The minimum Gasteiger partial charge on any atom is -0.490 e. The molecule has 1 aromatic carbocycles. The zero-order chi connectivity index (χ0) is 18.2. The standard InChI is InChI=1S/C20H28N4OS.HI/c1-3-21-20(22-12-11-17-14-26-15(2)24-17)23-13-16-7-4-5-10-19(16)25-18-8-6-9-18;/h4-5,7,10,14,18H,3,6,8-9,11-13H2,1-2H3,(H2,21,22,23);1H. The van der Waals surface area contributed by atoms with Gasteiger partial charge in [0.15, 0.2) is 5.96 Å². The fourth-order valence-corrected chi connectivity index (χ4v) is 3.40. The number of guanidine groups is 1. The number of aromatic nitrogens is 1. The molecule has 0 spiro atoms. The van der Waals surface area contributed by atoms with E-state index in [0.717, 1.165) is 60.3 Å². The number of thiazole rings is 1. The third-order valence-corrected chi connectivity index (χ3v) is 5.23. The molecule has 148 valence electrons. The average Bonchev–Trinajstić information content (AvgIpc) is 3.02. The van der Waals surface area contributed by atoms with Crippen molar-refractivity contribution in [2.24, 2.45) is 4.99 Å². The quantitative estimate of drug-likeness (QED) is 0.323. The Morgan fingerprint density at radius 3 is 2.78 bits per heavy atom. The van der Waals surface area contributed by atoms with Gasteiger partial charge in [-0.05, 0) is 39.2 Å². The van der Waals surface area contributed by atoms with Crippen molar-refractivity contribution >= 4 is 41.3 Å². The van der Waals surface area contributed by atoms with Crippen molar-refractivity contribution in [2.45, 2.75) is 52.2 Å². The number of aryl methyl sites for hydroxylation is 1. The molecule has 0 aliphatic heterocycles. The van der Waals surface area contributed by atoms with Gasteiger partial charge in [-0.25, -0.2) is 9.98 Å². The highest BCUT2D eigenvalue weighted by molar-refractivity contribution is 14.0. The fraction of sp³-hybridized carbons (Fsp3) is 0.500. The zero-order valence-corrected chi connectivity index (χ0v) is 19.2. The van der Waals surface area contributed by atoms with E-state index in [9.17, 15) is 0 Å². The van der Waals surface area contributed by atoms with Crippen molar-refractivity contribution in [3.63, 3.8) is 0 Å². The second-order valence-electron chi connectivity index (χ2n) is 6.51. The molecule has 0 atom stereocenters. The minimum atomic E-state index is 0. The number of hydrogen-bond donors (Lipinski definition) is 2. The molecule has 1 aromatic heterocycles. The minimum absolute atomic E-state index is 0. The molecule has 0 saturated heterocycles. The molecular formula is C20H29IN4OS. The van der Waals surface area contributed by atoms with Crippen LogP contribution in [-0.2, 0) is 13.0 Å². The number of para-hydroxylation sites is 1. The highest BCUT2D eigenvalue weighted by Crippen LogP contribution is 2.27. The lowest BCUT2D eigenvalue weighted by Crippen LogP contribution is -2.38. The first kappa shape index (κ1) is 21.9. The molecule has 1 aliphatic rings. The normalized spacial score (nSPS) is 14.2. The summed E-state index contributed by atoms with van der Waals surface area (Å²) < 4.78 is 6.10. The van der Waals surface area contributed by atoms with Crippen LogP contribution in [-0.4, -0.2) is 30.1 Å². The number of nitrogens with one attached hydrogen (secondary N) is 2. The number of nitrogens with zero attached hydrogens (tertiary/aromatic N) is 2. The molecule has 2 aromatic rings. The van der Waals surface area contributed by atoms with Crippen LogP contribution in [0.15, 0.2) is 34.6 Å². The zero-order valence-electron chi connectivity index (χ0n) is 16.0. The van der Waals surface area contributed by atoms with E-state index in [0.29, 0.717) is 12.6 Å². The molecule has 1 saturated carbocycles. The molecule has 1 aliphatic carbocycles. The summed E-state index contributed by atoms with van der Waals surface area (Å²) in [6.45, 7) is 6.37. The van der Waals surface area contributed by atoms with Crippen LogP contribution in [0.4, 0.5) is 0 Å². The highest BCUT2D eigenvalue weighted by atomic mass is 127. The molecule has 0 radical (unpaired) electrons. The Hall–Kier alpha value is -1.35. The summed E-state index contributed by atoms with van der Waals surface area (Å²) >= 11 is 1.70. The second-order valence-corrected chi connectivity index (χ2v) is 7.57. The Bertz CT molecular complexity index is 730. The van der Waals surface area contributed by atoms with E-state index in [4.69, 9.17) is 9.73 Å². The van der Waals surface area contributed by atoms with E-state index < -0.39 is 0 Å². The van der Waals surface area contributed by atoms with Gasteiger partial charge in [0, 0.05) is 30.5 Å². The van der Waals surface area contributed by atoms with Crippen LogP contribution in [0, 0.1) is 6.92 Å². The summed E-state index contributed by atoms with van der Waals surface area (Å²) in [6, 6.07) is 8.22. The van der Waals surface area contributed by atoms with Crippen molar-refractivity contribution in [3.8, 4) is 5.75 Å². The van der Waals surface area contributed by atoms with Crippen LogP contribution in [0.3, 0.4) is 0 Å². The van der Waals surface area contributed by atoms with Gasteiger partial charge in [0.05, 0.1) is 23.4 Å². The number of rotatable bonds is 8. The molecule has 0 unspecified atom stereocenters. The van der Waals surface area contributed by atoms with E-state index >= 15 is 0 Å². The Morgan fingerprint density at radius 2 is 2.11 bits per heavy atom. The predicted molar refractivity (Wildman–Crippen MR) is 123 cm³/mol. The first-order valence-electron chi connectivity index (χ1n) is 9.42. The van der Waals surface area contributed by atoms with Crippen molar-refractivity contribution in [1.82, 2.24) is 15.6 Å². The maximum absolute atomic E-state index is 6.10. The van der Waals surface area contributed by atoms with E-state index in [-0.39, 0.29) is 24.0 Å². The smallest absolute Gasteiger partial charge is 0.191 e. The maximum atomic E-state index is 6.10. The lowest BCUT2D eigenvalue weighted by molar-refractivity contribution is 0.119. The van der Waals surface area contributed by atoms with Crippen LogP contribution in [0.5, 0.6) is 5.75 Å². The van der Waals surface area contributed by atoms with Crippen LogP contribution < -0.4 is 15.4 Å². The van der Waals surface area contributed by atoms with Crippen LogP contribution >= 0.6 is 35.3 Å². The maximum Gasteiger partial charge on any atom is 0.191 e. The van der Waals surface area contributed by atoms with Gasteiger partial charge >= 0.3 is 0 Å². The summed E-state index contributed by atoms with van der Waals surface area (Å²) in [4.78, 5) is 9.23. The Morgan fingerprint density at radius 1 is 1.30 bits per heavy atom. The Kier molecular flexibility index (Phi) is 9.33. The summed E-state index contributed by atoms with van der Waals surface area (Å²) in [7, 11) is 0. The third kappa shape index (κ3) is 6.95. The molecule has 1 heterocycles. The number of benzene rings is 1. The SMILES string of the molecule is CCNC(=NCc1ccccc1OC1CCC1)NCCc1csc(C)n1.I. The number of aliphatic imine (C=N–C) groups is 1. The third-order valence-electron chi connectivity index (χ3n) is 4.41. The van der Waals surface area contributed by atoms with E-state index in [1.165, 1.54) is 6.42 Å². The van der Waals surface area contributed by atoms with Gasteiger partial charge in [-0.1, -0.05) is 18.2 Å². The molecule has 5 nitrogen and oxygen atoms in total. The lowest BCUT2D eigenvalue weighted by Gasteiger charge is -2.27. The van der Waals surface area contributed by atoms with Gasteiger partial charge in [0.2, 0.25) is 0 Å². The topological polar surface area (TPSA) is 58.5 Å². The van der Waals surface area contributed by atoms with E-state index in [1.54, 1.807) is 11.3 Å². The predicted octanol–water partition coefficient (Wildman–Crippen LogP) is 4.30. The van der Waals surface area contributed by atoms with Crippen LogP contribution in [0.2, 0.25) is 0 Å². The number of hydrogen-bond acceptors (Lipinski definition) is 4. The van der Waals surface area contributed by atoms with Crippen molar-refractivity contribution in [2.75, 3.05) is 13.1 Å². The molecule has 1 fully saturated rings. The summed E-state index contributed by atoms with van der Waals surface area (Å²) in [5.41, 5.74) is 2.27. The van der Waals surface area contributed by atoms with Crippen LogP contribution in [0.1, 0.15) is 42.5 Å². The van der Waals surface area contributed by atoms with Gasteiger partial charge in [-0.2, -0.15) is 0 Å². The van der Waals surface area contributed by atoms with Gasteiger partial charge < -0.3 is 15.4 Å². The Balaban J connectivity index is 0.00000261. The molecule has 3 rings (SSSR count). The fourth-order valence-electron chi connectivity index (χ4n) is 2.76. The number of ether oxygens (including phenoxy) is 1. The molecule has 27 heavy (non-hydrogen) atoms. The van der Waals surface area contributed by atoms with Gasteiger partial charge in [0.1, 0.15) is 5.75 Å². The molecule has 7 heteroatoms. The summed E-state index contributed by atoms with van der Waals surface area (Å²) in [6.07, 6.45) is 4.89. The summed E-state index contributed by atoms with van der Waals surface area (Å²) in [5, 5.41) is 9.94. The van der Waals surface area contributed by atoms with Crippen LogP contribution in [0.25, 0.3) is 0 Å². The first-order chi connectivity index (χ1) is 12.7. The molecule has 0 amide bonds. The summed E-state index contributed by atoms with van der Waals surface area (Å²) in [5.74, 6) is 1.80. The second kappa shape index (κ2) is 11.5. The van der Waals surface area contributed by atoms with E-state index in [1.807, 2.05) is 25.1 Å². The van der Waals surface area contributed by atoms with Gasteiger partial charge in [-0.3, -0.25) is 0 Å². The van der Waals surface area contributed by atoms with Gasteiger partial charge in [0.25, 0.3) is 0 Å². The average molecular weight is 500 g/mol. The molecule has 2 N–H and O–H groups in total. The first-order valence-corrected chi connectivity index (χ1v) is 10.3. The molecule has 0 bridgehead atoms.